The fraction of sp³-hybridized carbons (Fsp3) is 0.250. The molecule has 6 nitrogen and oxygen atoms in total. The third-order valence-electron chi connectivity index (χ3n) is 4.20. The zero-order valence-corrected chi connectivity index (χ0v) is 15.2. The molecule has 0 aliphatic heterocycles. The number of carbonyl (C=O) groups excluding carboxylic acids is 1. The molecule has 0 spiro atoms. The van der Waals surface area contributed by atoms with E-state index < -0.39 is 6.10 Å². The van der Waals surface area contributed by atoms with E-state index in [-0.39, 0.29) is 11.9 Å². The quantitative estimate of drug-likeness (QED) is 0.750. The van der Waals surface area contributed by atoms with Crippen molar-refractivity contribution in [1.82, 2.24) is 10.1 Å². The second-order valence-electron chi connectivity index (χ2n) is 6.23. The number of anilines is 1. The summed E-state index contributed by atoms with van der Waals surface area (Å²) in [6, 6.07) is 13.4. The maximum Gasteiger partial charge on any atom is 0.270 e. The lowest BCUT2D eigenvalue weighted by Crippen LogP contribution is -2.30. The Morgan fingerprint density at radius 3 is 2.58 bits per heavy atom. The first-order valence-corrected chi connectivity index (χ1v) is 8.38. The van der Waals surface area contributed by atoms with E-state index in [1.165, 1.54) is 5.56 Å². The van der Waals surface area contributed by atoms with Gasteiger partial charge in [-0.2, -0.15) is 4.98 Å². The highest BCUT2D eigenvalue weighted by molar-refractivity contribution is 5.92. The summed E-state index contributed by atoms with van der Waals surface area (Å²) in [5.41, 5.74) is 4.13. The van der Waals surface area contributed by atoms with E-state index in [9.17, 15) is 4.79 Å². The summed E-state index contributed by atoms with van der Waals surface area (Å²) in [6.45, 7) is 7.65. The van der Waals surface area contributed by atoms with E-state index in [1.807, 2.05) is 63.2 Å². The van der Waals surface area contributed by atoms with Crippen LogP contribution in [0.3, 0.4) is 0 Å². The highest BCUT2D eigenvalue weighted by atomic mass is 16.5. The number of hydrogen-bond acceptors (Lipinski definition) is 5. The fourth-order valence-electron chi connectivity index (χ4n) is 2.45. The summed E-state index contributed by atoms with van der Waals surface area (Å²) < 4.78 is 10.9. The van der Waals surface area contributed by atoms with Crippen LogP contribution in [0.15, 0.2) is 47.0 Å². The molecule has 134 valence electrons. The minimum Gasteiger partial charge on any atom is -0.481 e. The summed E-state index contributed by atoms with van der Waals surface area (Å²) in [4.78, 5) is 16.6. The lowest BCUT2D eigenvalue weighted by atomic mass is 10.1. The molecule has 0 saturated heterocycles. The van der Waals surface area contributed by atoms with Gasteiger partial charge in [0.2, 0.25) is 0 Å². The summed E-state index contributed by atoms with van der Waals surface area (Å²) in [6.07, 6.45) is -0.697. The molecule has 0 fully saturated rings. The maximum absolute atomic E-state index is 12.3. The second-order valence-corrected chi connectivity index (χ2v) is 6.23. The summed E-state index contributed by atoms with van der Waals surface area (Å²) >= 11 is 0. The highest BCUT2D eigenvalue weighted by Crippen LogP contribution is 2.22. The lowest BCUT2D eigenvalue weighted by molar-refractivity contribution is -0.122. The third-order valence-corrected chi connectivity index (χ3v) is 4.20. The van der Waals surface area contributed by atoms with Gasteiger partial charge in [0, 0.05) is 5.56 Å². The minimum absolute atomic E-state index is 0.115. The van der Waals surface area contributed by atoms with Gasteiger partial charge in [-0.15, -0.1) is 0 Å². The van der Waals surface area contributed by atoms with Crippen molar-refractivity contribution in [2.45, 2.75) is 33.8 Å². The number of nitrogens with zero attached hydrogens (tertiary/aromatic N) is 2. The van der Waals surface area contributed by atoms with Crippen molar-refractivity contribution in [1.29, 1.82) is 0 Å². The number of carbonyl (C=O) groups is 1. The van der Waals surface area contributed by atoms with Gasteiger partial charge in [-0.25, -0.2) is 0 Å². The number of amides is 1. The highest BCUT2D eigenvalue weighted by Gasteiger charge is 2.18. The number of aromatic nitrogens is 2. The Bertz CT molecular complexity index is 934. The van der Waals surface area contributed by atoms with Gasteiger partial charge in [-0.05, 0) is 67.7 Å². The van der Waals surface area contributed by atoms with Crippen LogP contribution >= 0.6 is 0 Å². The van der Waals surface area contributed by atoms with Crippen LogP contribution in [-0.2, 0) is 4.79 Å². The van der Waals surface area contributed by atoms with Crippen molar-refractivity contribution < 1.29 is 14.1 Å². The van der Waals surface area contributed by atoms with Crippen LogP contribution in [0.1, 0.15) is 23.6 Å². The molecule has 26 heavy (non-hydrogen) atoms. The van der Waals surface area contributed by atoms with Crippen LogP contribution in [0.25, 0.3) is 11.5 Å². The van der Waals surface area contributed by atoms with Crippen molar-refractivity contribution in [2.75, 3.05) is 5.32 Å². The smallest absolute Gasteiger partial charge is 0.270 e. The Kier molecular flexibility index (Phi) is 5.02. The molecule has 1 atom stereocenters. The molecule has 3 rings (SSSR count). The Hall–Kier alpha value is -3.15. The van der Waals surface area contributed by atoms with Crippen LogP contribution < -0.4 is 10.1 Å². The molecule has 1 aromatic heterocycles. The number of nitrogens with one attached hydrogen (secondary N) is 1. The predicted octanol–water partition coefficient (Wildman–Crippen LogP) is 4.07. The number of aryl methyl sites for hydroxylation is 3. The average molecular weight is 351 g/mol. The standard InChI is InChI=1S/C20H21N3O3/c1-12-9-10-16(11-14(12)3)25-15(4)18(24)21-20-22-19(26-23-20)17-8-6-5-7-13(17)2/h5-11,15H,1-4H3,(H,21,23,24). The fourth-order valence-corrected chi connectivity index (χ4v) is 2.45. The summed E-state index contributed by atoms with van der Waals surface area (Å²) in [7, 11) is 0. The van der Waals surface area contributed by atoms with Crippen LogP contribution in [0, 0.1) is 20.8 Å². The molecule has 2 aromatic carbocycles. The Labute approximate surface area is 152 Å². The van der Waals surface area contributed by atoms with Crippen molar-refractivity contribution in [3.8, 4) is 17.2 Å². The van der Waals surface area contributed by atoms with Crippen LogP contribution in [0.4, 0.5) is 5.95 Å². The maximum atomic E-state index is 12.3. The van der Waals surface area contributed by atoms with E-state index in [1.54, 1.807) is 6.92 Å². The largest absolute Gasteiger partial charge is 0.481 e. The van der Waals surface area contributed by atoms with Crippen LogP contribution in [0.2, 0.25) is 0 Å². The Balaban J connectivity index is 1.66. The van der Waals surface area contributed by atoms with E-state index >= 15 is 0 Å². The monoisotopic (exact) mass is 351 g/mol. The van der Waals surface area contributed by atoms with Gasteiger partial charge in [-0.3, -0.25) is 10.1 Å². The molecule has 1 unspecified atom stereocenters. The van der Waals surface area contributed by atoms with Crippen LogP contribution in [-0.4, -0.2) is 22.2 Å². The van der Waals surface area contributed by atoms with Gasteiger partial charge < -0.3 is 9.26 Å². The SMILES string of the molecule is Cc1ccc(OC(C)C(=O)Nc2noc(-c3ccccc3C)n2)cc1C. The van der Waals surface area contributed by atoms with Gasteiger partial charge in [0.05, 0.1) is 0 Å². The summed E-state index contributed by atoms with van der Waals surface area (Å²) in [5, 5.41) is 6.43. The van der Waals surface area contributed by atoms with E-state index in [0.29, 0.717) is 11.6 Å². The van der Waals surface area contributed by atoms with Gasteiger partial charge in [-0.1, -0.05) is 24.3 Å². The van der Waals surface area contributed by atoms with E-state index in [2.05, 4.69) is 15.5 Å². The number of benzene rings is 2. The molecule has 0 aliphatic carbocycles. The number of ether oxygens (including phenoxy) is 1. The van der Waals surface area contributed by atoms with Gasteiger partial charge in [0.1, 0.15) is 5.75 Å². The predicted molar refractivity (Wildman–Crippen MR) is 99.1 cm³/mol. The van der Waals surface area contributed by atoms with Crippen molar-refractivity contribution in [2.24, 2.45) is 0 Å². The summed E-state index contributed by atoms with van der Waals surface area (Å²) in [5.74, 6) is 0.773. The van der Waals surface area contributed by atoms with Gasteiger partial charge in [0.15, 0.2) is 6.10 Å². The van der Waals surface area contributed by atoms with Crippen molar-refractivity contribution in [3.63, 3.8) is 0 Å². The van der Waals surface area contributed by atoms with Crippen molar-refractivity contribution in [3.05, 3.63) is 59.2 Å². The second kappa shape index (κ2) is 7.39. The molecule has 0 bridgehead atoms. The third kappa shape index (κ3) is 3.91. The first-order chi connectivity index (χ1) is 12.4. The van der Waals surface area contributed by atoms with Gasteiger partial charge in [0.25, 0.3) is 17.7 Å². The Morgan fingerprint density at radius 1 is 1.08 bits per heavy atom. The molecule has 6 heteroatoms. The molecule has 1 amide bonds. The Morgan fingerprint density at radius 2 is 1.85 bits per heavy atom. The molecular formula is C20H21N3O3. The van der Waals surface area contributed by atoms with Crippen molar-refractivity contribution >= 4 is 11.9 Å². The molecule has 1 N–H and O–H groups in total. The van der Waals surface area contributed by atoms with E-state index in [4.69, 9.17) is 9.26 Å². The number of hydrogen-bond donors (Lipinski definition) is 1. The molecule has 0 aliphatic rings. The molecular weight excluding hydrogens is 330 g/mol. The van der Waals surface area contributed by atoms with Gasteiger partial charge >= 0.3 is 0 Å². The average Bonchev–Trinajstić information content (AvgIpc) is 3.06. The minimum atomic E-state index is -0.697. The normalized spacial score (nSPS) is 11.8. The molecule has 1 heterocycles. The molecule has 3 aromatic rings. The lowest BCUT2D eigenvalue weighted by Gasteiger charge is -2.14. The molecule has 0 saturated carbocycles. The first kappa shape index (κ1) is 17.7. The first-order valence-electron chi connectivity index (χ1n) is 8.38. The zero-order valence-electron chi connectivity index (χ0n) is 15.2. The topological polar surface area (TPSA) is 77.2 Å². The van der Waals surface area contributed by atoms with E-state index in [0.717, 1.165) is 16.7 Å². The molecule has 0 radical (unpaired) electrons. The zero-order chi connectivity index (χ0) is 18.7. The number of rotatable bonds is 5. The van der Waals surface area contributed by atoms with Crippen LogP contribution in [0.5, 0.6) is 5.75 Å².